The summed E-state index contributed by atoms with van der Waals surface area (Å²) in [6.45, 7) is 0. The molecule has 80 valence electrons. The van der Waals surface area contributed by atoms with Gasteiger partial charge in [-0.25, -0.2) is 4.39 Å². The van der Waals surface area contributed by atoms with Gasteiger partial charge in [-0.15, -0.1) is 0 Å². The van der Waals surface area contributed by atoms with Gasteiger partial charge in [0.25, 0.3) is 5.91 Å². The summed E-state index contributed by atoms with van der Waals surface area (Å²) in [7, 11) is 0. The lowest BCUT2D eigenvalue weighted by molar-refractivity contribution is 0.0937. The van der Waals surface area contributed by atoms with E-state index < -0.39 is 5.82 Å². The number of thioether (sulfide) groups is 1. The number of pyridine rings is 1. The Labute approximate surface area is 91.5 Å². The van der Waals surface area contributed by atoms with Gasteiger partial charge in [0, 0.05) is 18.0 Å². The summed E-state index contributed by atoms with van der Waals surface area (Å²) in [6, 6.07) is 1.57. The molecule has 1 amide bonds. The van der Waals surface area contributed by atoms with Crippen molar-refractivity contribution in [3.8, 4) is 0 Å². The van der Waals surface area contributed by atoms with E-state index in [2.05, 4.69) is 10.3 Å². The van der Waals surface area contributed by atoms with Crippen LogP contribution in [-0.4, -0.2) is 28.4 Å². The fraction of sp³-hybridized carbons (Fsp3) is 0.400. The Balaban J connectivity index is 2.04. The van der Waals surface area contributed by atoms with Crippen LogP contribution in [0.25, 0.3) is 0 Å². The molecule has 1 aromatic heterocycles. The molecule has 1 fully saturated rings. The molecule has 1 aliphatic rings. The van der Waals surface area contributed by atoms with Gasteiger partial charge >= 0.3 is 0 Å². The topological polar surface area (TPSA) is 42.0 Å². The smallest absolute Gasteiger partial charge is 0.254 e. The molecule has 15 heavy (non-hydrogen) atoms. The van der Waals surface area contributed by atoms with E-state index >= 15 is 0 Å². The fourth-order valence-corrected chi connectivity index (χ4v) is 2.62. The van der Waals surface area contributed by atoms with Crippen molar-refractivity contribution in [1.29, 1.82) is 0 Å². The average Bonchev–Trinajstić information content (AvgIpc) is 2.71. The first kappa shape index (κ1) is 10.4. The number of hydrogen-bond donors (Lipinski definition) is 1. The second-order valence-electron chi connectivity index (χ2n) is 3.39. The van der Waals surface area contributed by atoms with Gasteiger partial charge in [-0.2, -0.15) is 11.8 Å². The second-order valence-corrected chi connectivity index (χ2v) is 4.54. The van der Waals surface area contributed by atoms with E-state index in [-0.39, 0.29) is 17.5 Å². The molecule has 0 aromatic carbocycles. The summed E-state index contributed by atoms with van der Waals surface area (Å²) in [5, 5.41) is 2.81. The highest BCUT2D eigenvalue weighted by Crippen LogP contribution is 2.17. The lowest BCUT2D eigenvalue weighted by Crippen LogP contribution is -2.35. The van der Waals surface area contributed by atoms with Crippen LogP contribution in [0.1, 0.15) is 16.8 Å². The molecular formula is C10H11FN2OS. The van der Waals surface area contributed by atoms with Gasteiger partial charge in [0.05, 0.1) is 11.8 Å². The number of amides is 1. The van der Waals surface area contributed by atoms with Crippen molar-refractivity contribution < 1.29 is 9.18 Å². The zero-order chi connectivity index (χ0) is 10.7. The van der Waals surface area contributed by atoms with Crippen LogP contribution in [0.3, 0.4) is 0 Å². The Hall–Kier alpha value is -1.10. The van der Waals surface area contributed by atoms with Crippen molar-refractivity contribution in [2.45, 2.75) is 12.5 Å². The van der Waals surface area contributed by atoms with E-state index in [1.54, 1.807) is 11.8 Å². The van der Waals surface area contributed by atoms with Gasteiger partial charge in [-0.1, -0.05) is 0 Å². The fourth-order valence-electron chi connectivity index (χ4n) is 1.47. The molecule has 1 aromatic rings. The molecule has 0 spiro atoms. The standard InChI is InChI=1S/C10H11FN2OS/c11-9-5-12-3-1-8(9)10(14)13-7-2-4-15-6-7/h1,3,5,7H,2,4,6H2,(H,13,14)/t7-/m1/s1. The molecule has 0 radical (unpaired) electrons. The summed E-state index contributed by atoms with van der Waals surface area (Å²) < 4.78 is 13.2. The molecule has 1 saturated heterocycles. The summed E-state index contributed by atoms with van der Waals surface area (Å²) >= 11 is 1.80. The number of carbonyl (C=O) groups is 1. The largest absolute Gasteiger partial charge is 0.348 e. The third kappa shape index (κ3) is 2.47. The van der Waals surface area contributed by atoms with E-state index in [9.17, 15) is 9.18 Å². The van der Waals surface area contributed by atoms with E-state index in [0.717, 1.165) is 24.1 Å². The van der Waals surface area contributed by atoms with Crippen LogP contribution in [0.2, 0.25) is 0 Å². The van der Waals surface area contributed by atoms with E-state index in [1.807, 2.05) is 0 Å². The molecule has 2 rings (SSSR count). The first-order valence-electron chi connectivity index (χ1n) is 4.75. The molecular weight excluding hydrogens is 215 g/mol. The number of hydrogen-bond acceptors (Lipinski definition) is 3. The molecule has 1 aliphatic heterocycles. The molecule has 0 aliphatic carbocycles. The van der Waals surface area contributed by atoms with E-state index in [0.29, 0.717) is 0 Å². The molecule has 0 saturated carbocycles. The monoisotopic (exact) mass is 226 g/mol. The maximum atomic E-state index is 13.2. The number of halogens is 1. The van der Waals surface area contributed by atoms with Gasteiger partial charge in [0.2, 0.25) is 0 Å². The lowest BCUT2D eigenvalue weighted by atomic mass is 10.2. The first-order chi connectivity index (χ1) is 7.27. The minimum Gasteiger partial charge on any atom is -0.348 e. The third-order valence-electron chi connectivity index (χ3n) is 2.28. The SMILES string of the molecule is O=C(N[C@@H]1CCSC1)c1ccncc1F. The van der Waals surface area contributed by atoms with E-state index in [4.69, 9.17) is 0 Å². The summed E-state index contributed by atoms with van der Waals surface area (Å²) in [6.07, 6.45) is 3.43. The first-order valence-corrected chi connectivity index (χ1v) is 5.91. The Morgan fingerprint density at radius 1 is 1.67 bits per heavy atom. The molecule has 0 bridgehead atoms. The predicted octanol–water partition coefficient (Wildman–Crippen LogP) is 1.46. The number of nitrogens with zero attached hydrogens (tertiary/aromatic N) is 1. The minimum atomic E-state index is -0.569. The normalized spacial score (nSPS) is 20.2. The van der Waals surface area contributed by atoms with Crippen molar-refractivity contribution in [2.24, 2.45) is 0 Å². The summed E-state index contributed by atoms with van der Waals surface area (Å²) in [4.78, 5) is 15.2. The summed E-state index contributed by atoms with van der Waals surface area (Å²) in [5.41, 5.74) is 0.0712. The van der Waals surface area contributed by atoms with Gasteiger partial charge in [0.15, 0.2) is 5.82 Å². The number of carbonyl (C=O) groups excluding carboxylic acids is 1. The van der Waals surface area contributed by atoms with Crippen LogP contribution in [0.4, 0.5) is 4.39 Å². The highest BCUT2D eigenvalue weighted by Gasteiger charge is 2.19. The van der Waals surface area contributed by atoms with Crippen molar-refractivity contribution in [2.75, 3.05) is 11.5 Å². The van der Waals surface area contributed by atoms with Gasteiger partial charge in [0.1, 0.15) is 0 Å². The molecule has 0 unspecified atom stereocenters. The van der Waals surface area contributed by atoms with Crippen molar-refractivity contribution in [3.63, 3.8) is 0 Å². The number of aromatic nitrogens is 1. The molecule has 5 heteroatoms. The molecule has 2 heterocycles. The van der Waals surface area contributed by atoms with Crippen LogP contribution in [0.5, 0.6) is 0 Å². The van der Waals surface area contributed by atoms with Crippen molar-refractivity contribution in [3.05, 3.63) is 29.8 Å². The molecule has 3 nitrogen and oxygen atoms in total. The van der Waals surface area contributed by atoms with Crippen LogP contribution in [-0.2, 0) is 0 Å². The second kappa shape index (κ2) is 4.61. The number of rotatable bonds is 2. The Morgan fingerprint density at radius 3 is 3.20 bits per heavy atom. The van der Waals surface area contributed by atoms with Crippen LogP contribution < -0.4 is 5.32 Å². The third-order valence-corrected chi connectivity index (χ3v) is 3.44. The zero-order valence-electron chi connectivity index (χ0n) is 8.07. The van der Waals surface area contributed by atoms with E-state index in [1.165, 1.54) is 12.3 Å². The maximum absolute atomic E-state index is 13.2. The van der Waals surface area contributed by atoms with Crippen molar-refractivity contribution in [1.82, 2.24) is 10.3 Å². The average molecular weight is 226 g/mol. The van der Waals surface area contributed by atoms with Crippen LogP contribution >= 0.6 is 11.8 Å². The molecule has 1 N–H and O–H groups in total. The zero-order valence-corrected chi connectivity index (χ0v) is 8.89. The van der Waals surface area contributed by atoms with Crippen LogP contribution in [0, 0.1) is 5.82 Å². The minimum absolute atomic E-state index is 0.0712. The maximum Gasteiger partial charge on any atom is 0.254 e. The van der Waals surface area contributed by atoms with Gasteiger partial charge < -0.3 is 5.32 Å². The van der Waals surface area contributed by atoms with Gasteiger partial charge in [-0.3, -0.25) is 9.78 Å². The summed E-state index contributed by atoms with van der Waals surface area (Å²) in [5.74, 6) is 1.06. The Bertz CT molecular complexity index is 366. The lowest BCUT2D eigenvalue weighted by Gasteiger charge is -2.11. The Morgan fingerprint density at radius 2 is 2.53 bits per heavy atom. The molecule has 1 atom stereocenters. The van der Waals surface area contributed by atoms with Gasteiger partial charge in [-0.05, 0) is 18.2 Å². The number of nitrogens with one attached hydrogen (secondary N) is 1. The van der Waals surface area contributed by atoms with Crippen LogP contribution in [0.15, 0.2) is 18.5 Å². The quantitative estimate of drug-likeness (QED) is 0.830. The predicted molar refractivity (Wildman–Crippen MR) is 57.4 cm³/mol. The Kier molecular flexibility index (Phi) is 3.20. The van der Waals surface area contributed by atoms with Crippen molar-refractivity contribution >= 4 is 17.7 Å². The highest BCUT2D eigenvalue weighted by atomic mass is 32.2. The highest BCUT2D eigenvalue weighted by molar-refractivity contribution is 7.99.